The van der Waals surface area contributed by atoms with Crippen LogP contribution in [0, 0.1) is 17.8 Å². The van der Waals surface area contributed by atoms with Gasteiger partial charge in [-0.05, 0) is 24.7 Å². The van der Waals surface area contributed by atoms with Gasteiger partial charge in [0, 0.05) is 0 Å². The van der Waals surface area contributed by atoms with Gasteiger partial charge in [-0.1, -0.05) is 27.2 Å². The average Bonchev–Trinajstić information content (AvgIpc) is 2.11. The van der Waals surface area contributed by atoms with Gasteiger partial charge in [-0.25, -0.2) is 0 Å². The van der Waals surface area contributed by atoms with Crippen molar-refractivity contribution >= 4 is 5.97 Å². The summed E-state index contributed by atoms with van der Waals surface area (Å²) in [4.78, 5) is 11.4. The van der Waals surface area contributed by atoms with E-state index in [2.05, 4.69) is 20.8 Å². The van der Waals surface area contributed by atoms with E-state index in [0.717, 1.165) is 19.3 Å². The third-order valence-corrected chi connectivity index (χ3v) is 3.16. The summed E-state index contributed by atoms with van der Waals surface area (Å²) in [5, 5.41) is 0. The van der Waals surface area contributed by atoms with Crippen LogP contribution in [0.25, 0.3) is 0 Å². The molecule has 0 aromatic rings. The summed E-state index contributed by atoms with van der Waals surface area (Å²) < 4.78 is 5.07. The van der Waals surface area contributed by atoms with Crippen LogP contribution in [0.4, 0.5) is 0 Å². The molecule has 0 bridgehead atoms. The highest BCUT2D eigenvalue weighted by Crippen LogP contribution is 2.29. The smallest absolute Gasteiger partial charge is 0.309 e. The molecule has 76 valence electrons. The number of cyclic esters (lactones) is 1. The maximum absolute atomic E-state index is 11.4. The predicted molar refractivity (Wildman–Crippen MR) is 52.3 cm³/mol. The fourth-order valence-electron chi connectivity index (χ4n) is 1.81. The van der Waals surface area contributed by atoms with Crippen LogP contribution in [0.1, 0.15) is 40.0 Å². The topological polar surface area (TPSA) is 26.3 Å². The standard InChI is InChI=1S/C11H20O2/c1-4-8(2)7-10-9(3)5-6-13-11(10)12/h8-10H,4-7H2,1-3H3. The van der Waals surface area contributed by atoms with Crippen molar-refractivity contribution in [1.82, 2.24) is 0 Å². The van der Waals surface area contributed by atoms with Crippen LogP contribution in [0.5, 0.6) is 0 Å². The van der Waals surface area contributed by atoms with E-state index in [4.69, 9.17) is 4.74 Å². The van der Waals surface area contributed by atoms with Gasteiger partial charge in [0.05, 0.1) is 12.5 Å². The molecule has 1 rings (SSSR count). The first-order chi connectivity index (χ1) is 6.15. The molecule has 0 amide bonds. The van der Waals surface area contributed by atoms with Gasteiger partial charge in [-0.2, -0.15) is 0 Å². The first kappa shape index (κ1) is 10.6. The zero-order valence-corrected chi connectivity index (χ0v) is 8.88. The molecule has 0 N–H and O–H groups in total. The van der Waals surface area contributed by atoms with Crippen LogP contribution in [0.15, 0.2) is 0 Å². The van der Waals surface area contributed by atoms with Crippen molar-refractivity contribution in [3.63, 3.8) is 0 Å². The van der Waals surface area contributed by atoms with Crippen molar-refractivity contribution in [3.05, 3.63) is 0 Å². The Morgan fingerprint density at radius 2 is 2.31 bits per heavy atom. The minimum atomic E-state index is 0.0269. The second kappa shape index (κ2) is 4.64. The first-order valence-corrected chi connectivity index (χ1v) is 5.31. The Morgan fingerprint density at radius 1 is 1.62 bits per heavy atom. The lowest BCUT2D eigenvalue weighted by molar-refractivity contribution is -0.156. The summed E-state index contributed by atoms with van der Waals surface area (Å²) in [7, 11) is 0. The molecule has 1 aliphatic rings. The second-order valence-electron chi connectivity index (χ2n) is 4.29. The zero-order chi connectivity index (χ0) is 9.84. The van der Waals surface area contributed by atoms with Gasteiger partial charge in [0.15, 0.2) is 0 Å². The Balaban J connectivity index is 2.48. The molecule has 1 heterocycles. The van der Waals surface area contributed by atoms with Gasteiger partial charge >= 0.3 is 5.97 Å². The molecular weight excluding hydrogens is 164 g/mol. The van der Waals surface area contributed by atoms with Crippen LogP contribution >= 0.6 is 0 Å². The highest BCUT2D eigenvalue weighted by Gasteiger charge is 2.31. The van der Waals surface area contributed by atoms with Crippen LogP contribution in [0.2, 0.25) is 0 Å². The molecule has 1 fully saturated rings. The fraction of sp³-hybridized carbons (Fsp3) is 0.909. The Morgan fingerprint density at radius 3 is 2.85 bits per heavy atom. The number of hydrogen-bond acceptors (Lipinski definition) is 2. The second-order valence-corrected chi connectivity index (χ2v) is 4.29. The first-order valence-electron chi connectivity index (χ1n) is 5.31. The molecule has 0 radical (unpaired) electrons. The normalized spacial score (nSPS) is 31.2. The quantitative estimate of drug-likeness (QED) is 0.630. The predicted octanol–water partition coefficient (Wildman–Crippen LogP) is 2.62. The molecule has 2 nitrogen and oxygen atoms in total. The summed E-state index contributed by atoms with van der Waals surface area (Å²) in [6, 6.07) is 0. The molecular formula is C11H20O2. The molecule has 0 aromatic carbocycles. The molecule has 3 atom stereocenters. The Labute approximate surface area is 80.7 Å². The summed E-state index contributed by atoms with van der Waals surface area (Å²) in [5.41, 5.74) is 0. The number of rotatable bonds is 3. The average molecular weight is 184 g/mol. The Hall–Kier alpha value is -0.530. The molecule has 1 aliphatic heterocycles. The van der Waals surface area contributed by atoms with E-state index in [1.54, 1.807) is 0 Å². The maximum atomic E-state index is 11.4. The molecule has 2 heteroatoms. The summed E-state index contributed by atoms with van der Waals surface area (Å²) in [6.07, 6.45) is 3.18. The van der Waals surface area contributed by atoms with Crippen LogP contribution < -0.4 is 0 Å². The lowest BCUT2D eigenvalue weighted by Crippen LogP contribution is -2.32. The molecule has 0 aromatic heterocycles. The number of carbonyl (C=O) groups excluding carboxylic acids is 1. The molecule has 0 spiro atoms. The Kier molecular flexibility index (Phi) is 3.76. The highest BCUT2D eigenvalue weighted by atomic mass is 16.5. The van der Waals surface area contributed by atoms with E-state index in [0.29, 0.717) is 18.4 Å². The molecule has 1 saturated heterocycles. The van der Waals surface area contributed by atoms with E-state index in [1.165, 1.54) is 0 Å². The number of hydrogen-bond donors (Lipinski definition) is 0. The monoisotopic (exact) mass is 184 g/mol. The molecule has 3 unspecified atom stereocenters. The summed E-state index contributed by atoms with van der Waals surface area (Å²) in [6.45, 7) is 7.16. The molecule has 0 saturated carbocycles. The lowest BCUT2D eigenvalue weighted by atomic mass is 9.82. The number of carbonyl (C=O) groups is 1. The largest absolute Gasteiger partial charge is 0.465 e. The lowest BCUT2D eigenvalue weighted by Gasteiger charge is -2.28. The third kappa shape index (κ3) is 2.71. The van der Waals surface area contributed by atoms with E-state index in [-0.39, 0.29) is 11.9 Å². The Bertz CT molecular complexity index is 177. The highest BCUT2D eigenvalue weighted by molar-refractivity contribution is 5.73. The van der Waals surface area contributed by atoms with Crippen molar-refractivity contribution in [1.29, 1.82) is 0 Å². The van der Waals surface area contributed by atoms with Gasteiger partial charge in [0.25, 0.3) is 0 Å². The SMILES string of the molecule is CCC(C)CC1C(=O)OCCC1C. The molecule has 13 heavy (non-hydrogen) atoms. The number of esters is 1. The van der Waals surface area contributed by atoms with Crippen molar-refractivity contribution in [3.8, 4) is 0 Å². The van der Waals surface area contributed by atoms with Gasteiger partial charge in [-0.15, -0.1) is 0 Å². The summed E-state index contributed by atoms with van der Waals surface area (Å²) in [5.74, 6) is 1.33. The van der Waals surface area contributed by atoms with Gasteiger partial charge in [-0.3, -0.25) is 4.79 Å². The van der Waals surface area contributed by atoms with E-state index in [1.807, 2.05) is 0 Å². The number of ether oxygens (including phenoxy) is 1. The maximum Gasteiger partial charge on any atom is 0.309 e. The van der Waals surface area contributed by atoms with Gasteiger partial charge < -0.3 is 4.74 Å². The van der Waals surface area contributed by atoms with E-state index >= 15 is 0 Å². The van der Waals surface area contributed by atoms with Crippen molar-refractivity contribution < 1.29 is 9.53 Å². The van der Waals surface area contributed by atoms with Crippen LogP contribution in [0.3, 0.4) is 0 Å². The zero-order valence-electron chi connectivity index (χ0n) is 8.88. The minimum Gasteiger partial charge on any atom is -0.465 e. The molecule has 0 aliphatic carbocycles. The van der Waals surface area contributed by atoms with Crippen LogP contribution in [-0.4, -0.2) is 12.6 Å². The van der Waals surface area contributed by atoms with Crippen molar-refractivity contribution in [2.24, 2.45) is 17.8 Å². The van der Waals surface area contributed by atoms with Gasteiger partial charge in [0.1, 0.15) is 0 Å². The summed E-state index contributed by atoms with van der Waals surface area (Å²) >= 11 is 0. The van der Waals surface area contributed by atoms with Crippen LogP contribution in [-0.2, 0) is 9.53 Å². The van der Waals surface area contributed by atoms with Gasteiger partial charge in [0.2, 0.25) is 0 Å². The van der Waals surface area contributed by atoms with E-state index < -0.39 is 0 Å². The minimum absolute atomic E-state index is 0.0269. The fourth-order valence-corrected chi connectivity index (χ4v) is 1.81. The van der Waals surface area contributed by atoms with Crippen molar-refractivity contribution in [2.45, 2.75) is 40.0 Å². The van der Waals surface area contributed by atoms with E-state index in [9.17, 15) is 4.79 Å². The van der Waals surface area contributed by atoms with Crippen molar-refractivity contribution in [2.75, 3.05) is 6.61 Å². The third-order valence-electron chi connectivity index (χ3n) is 3.16.